The molecule has 2 saturated heterocycles. The minimum Gasteiger partial charge on any atom is -0.370 e. The normalized spacial score (nSPS) is 26.1. The van der Waals surface area contributed by atoms with E-state index in [0.717, 1.165) is 31.5 Å². The standard InChI is InChI=1S/C15H18F2N2O2/c16-11-4-3-10(8-12(11)17)14-9-19(6-7-21-14)15(20)13-2-1-5-18-13/h3-4,8,13-14,18H,1-2,5-7,9H2. The molecule has 2 heterocycles. The van der Waals surface area contributed by atoms with Crippen LogP contribution in [0, 0.1) is 11.6 Å². The summed E-state index contributed by atoms with van der Waals surface area (Å²) in [6.07, 6.45) is 1.46. The first kappa shape index (κ1) is 14.4. The van der Waals surface area contributed by atoms with Crippen molar-refractivity contribution in [3.05, 3.63) is 35.4 Å². The molecule has 6 heteroatoms. The van der Waals surface area contributed by atoms with Crippen molar-refractivity contribution in [2.75, 3.05) is 26.2 Å². The average molecular weight is 296 g/mol. The van der Waals surface area contributed by atoms with Crippen LogP contribution < -0.4 is 5.32 Å². The van der Waals surface area contributed by atoms with E-state index in [1.807, 2.05) is 0 Å². The zero-order chi connectivity index (χ0) is 14.8. The topological polar surface area (TPSA) is 41.6 Å². The van der Waals surface area contributed by atoms with Crippen molar-refractivity contribution in [3.8, 4) is 0 Å². The summed E-state index contributed by atoms with van der Waals surface area (Å²) in [4.78, 5) is 14.1. The van der Waals surface area contributed by atoms with Gasteiger partial charge in [-0.1, -0.05) is 6.07 Å². The number of ether oxygens (including phenoxy) is 1. The molecule has 2 fully saturated rings. The first-order valence-corrected chi connectivity index (χ1v) is 7.24. The molecule has 0 saturated carbocycles. The molecule has 2 atom stereocenters. The summed E-state index contributed by atoms with van der Waals surface area (Å²) >= 11 is 0. The maximum Gasteiger partial charge on any atom is 0.239 e. The number of nitrogens with one attached hydrogen (secondary N) is 1. The lowest BCUT2D eigenvalue weighted by Crippen LogP contribution is -2.49. The number of nitrogens with zero attached hydrogens (tertiary/aromatic N) is 1. The molecular formula is C15H18F2N2O2. The van der Waals surface area contributed by atoms with Gasteiger partial charge in [-0.05, 0) is 37.1 Å². The van der Waals surface area contributed by atoms with Crippen molar-refractivity contribution in [2.45, 2.75) is 25.0 Å². The summed E-state index contributed by atoms with van der Waals surface area (Å²) in [6, 6.07) is 3.62. The van der Waals surface area contributed by atoms with Crippen LogP contribution in [0.4, 0.5) is 8.78 Å². The van der Waals surface area contributed by atoms with Gasteiger partial charge in [0, 0.05) is 6.54 Å². The Morgan fingerprint density at radius 2 is 2.19 bits per heavy atom. The second-order valence-electron chi connectivity index (χ2n) is 5.47. The van der Waals surface area contributed by atoms with E-state index in [4.69, 9.17) is 4.74 Å². The molecule has 0 aliphatic carbocycles. The number of rotatable bonds is 2. The van der Waals surface area contributed by atoms with Gasteiger partial charge >= 0.3 is 0 Å². The number of morpholine rings is 1. The van der Waals surface area contributed by atoms with Crippen molar-refractivity contribution in [1.82, 2.24) is 10.2 Å². The van der Waals surface area contributed by atoms with Gasteiger partial charge in [0.05, 0.1) is 19.2 Å². The van der Waals surface area contributed by atoms with Gasteiger partial charge in [-0.3, -0.25) is 4.79 Å². The highest BCUT2D eigenvalue weighted by atomic mass is 19.2. The van der Waals surface area contributed by atoms with Crippen LogP contribution in [-0.4, -0.2) is 43.1 Å². The van der Waals surface area contributed by atoms with Gasteiger partial charge in [0.1, 0.15) is 6.10 Å². The Morgan fingerprint density at radius 3 is 2.90 bits per heavy atom. The Morgan fingerprint density at radius 1 is 1.33 bits per heavy atom. The molecule has 1 amide bonds. The van der Waals surface area contributed by atoms with E-state index >= 15 is 0 Å². The van der Waals surface area contributed by atoms with Crippen LogP contribution in [0.3, 0.4) is 0 Å². The summed E-state index contributed by atoms with van der Waals surface area (Å²) in [6.45, 7) is 2.19. The smallest absolute Gasteiger partial charge is 0.239 e. The fourth-order valence-corrected chi connectivity index (χ4v) is 2.88. The largest absolute Gasteiger partial charge is 0.370 e. The molecule has 0 bridgehead atoms. The Kier molecular flexibility index (Phi) is 4.17. The lowest BCUT2D eigenvalue weighted by Gasteiger charge is -2.34. The van der Waals surface area contributed by atoms with Gasteiger partial charge in [-0.25, -0.2) is 8.78 Å². The fourth-order valence-electron chi connectivity index (χ4n) is 2.88. The highest BCUT2D eigenvalue weighted by Crippen LogP contribution is 2.24. The maximum absolute atomic E-state index is 13.3. The van der Waals surface area contributed by atoms with Crippen LogP contribution in [0.15, 0.2) is 18.2 Å². The predicted octanol–water partition coefficient (Wildman–Crippen LogP) is 1.62. The molecule has 2 aliphatic rings. The number of hydrogen-bond acceptors (Lipinski definition) is 3. The Bertz CT molecular complexity index is 532. The summed E-state index contributed by atoms with van der Waals surface area (Å²) in [5.41, 5.74) is 0.561. The van der Waals surface area contributed by atoms with Crippen LogP contribution in [0.2, 0.25) is 0 Å². The van der Waals surface area contributed by atoms with Gasteiger partial charge in [-0.2, -0.15) is 0 Å². The molecule has 114 valence electrons. The van der Waals surface area contributed by atoms with E-state index in [1.165, 1.54) is 6.07 Å². The van der Waals surface area contributed by atoms with Crippen molar-refractivity contribution in [3.63, 3.8) is 0 Å². The number of benzene rings is 1. The number of hydrogen-bond donors (Lipinski definition) is 1. The summed E-state index contributed by atoms with van der Waals surface area (Å²) in [7, 11) is 0. The minimum atomic E-state index is -0.892. The quantitative estimate of drug-likeness (QED) is 0.901. The summed E-state index contributed by atoms with van der Waals surface area (Å²) < 4.78 is 31.9. The Hall–Kier alpha value is -1.53. The van der Waals surface area contributed by atoms with E-state index in [9.17, 15) is 13.6 Å². The van der Waals surface area contributed by atoms with E-state index in [1.54, 1.807) is 4.90 Å². The van der Waals surface area contributed by atoms with Gasteiger partial charge in [-0.15, -0.1) is 0 Å². The van der Waals surface area contributed by atoms with Crippen LogP contribution >= 0.6 is 0 Å². The van der Waals surface area contributed by atoms with Crippen molar-refractivity contribution in [1.29, 1.82) is 0 Å². The van der Waals surface area contributed by atoms with E-state index < -0.39 is 17.7 Å². The lowest BCUT2D eigenvalue weighted by molar-refractivity contribution is -0.140. The number of carbonyl (C=O) groups excluding carboxylic acids is 1. The second kappa shape index (κ2) is 6.07. The monoisotopic (exact) mass is 296 g/mol. The van der Waals surface area contributed by atoms with Gasteiger partial charge in [0.2, 0.25) is 5.91 Å². The molecular weight excluding hydrogens is 278 g/mol. The van der Waals surface area contributed by atoms with Crippen molar-refractivity contribution >= 4 is 5.91 Å². The van der Waals surface area contributed by atoms with Gasteiger partial charge in [0.15, 0.2) is 11.6 Å². The van der Waals surface area contributed by atoms with Crippen LogP contribution in [-0.2, 0) is 9.53 Å². The number of halogens is 2. The van der Waals surface area contributed by atoms with Gasteiger partial charge < -0.3 is 15.0 Å². The number of amides is 1. The molecule has 0 radical (unpaired) electrons. The van der Waals surface area contributed by atoms with Crippen LogP contribution in [0.1, 0.15) is 24.5 Å². The zero-order valence-corrected chi connectivity index (χ0v) is 11.6. The Labute approximate surface area is 122 Å². The third-order valence-corrected chi connectivity index (χ3v) is 4.05. The van der Waals surface area contributed by atoms with Crippen LogP contribution in [0.25, 0.3) is 0 Å². The first-order chi connectivity index (χ1) is 10.1. The predicted molar refractivity (Wildman–Crippen MR) is 72.7 cm³/mol. The SMILES string of the molecule is O=C(C1CCCN1)N1CCOC(c2ccc(F)c(F)c2)C1. The lowest BCUT2D eigenvalue weighted by atomic mass is 10.1. The first-order valence-electron chi connectivity index (χ1n) is 7.24. The molecule has 4 nitrogen and oxygen atoms in total. The second-order valence-corrected chi connectivity index (χ2v) is 5.47. The highest BCUT2D eigenvalue weighted by molar-refractivity contribution is 5.82. The van der Waals surface area contributed by atoms with Gasteiger partial charge in [0.25, 0.3) is 0 Å². The number of carbonyl (C=O) groups is 1. The van der Waals surface area contributed by atoms with E-state index in [2.05, 4.69) is 5.32 Å². The molecule has 1 N–H and O–H groups in total. The third kappa shape index (κ3) is 3.06. The molecule has 1 aromatic rings. The summed E-state index contributed by atoms with van der Waals surface area (Å²) in [5.74, 6) is -1.70. The molecule has 3 rings (SSSR count). The van der Waals surface area contributed by atoms with E-state index in [0.29, 0.717) is 25.3 Å². The average Bonchev–Trinajstić information content (AvgIpc) is 3.04. The van der Waals surface area contributed by atoms with E-state index in [-0.39, 0.29) is 11.9 Å². The highest BCUT2D eigenvalue weighted by Gasteiger charge is 2.31. The van der Waals surface area contributed by atoms with Crippen molar-refractivity contribution in [2.24, 2.45) is 0 Å². The fraction of sp³-hybridized carbons (Fsp3) is 0.533. The minimum absolute atomic E-state index is 0.0726. The molecule has 1 aromatic carbocycles. The van der Waals surface area contributed by atoms with Crippen LogP contribution in [0.5, 0.6) is 0 Å². The maximum atomic E-state index is 13.3. The third-order valence-electron chi connectivity index (χ3n) is 4.05. The van der Waals surface area contributed by atoms with Crippen molar-refractivity contribution < 1.29 is 18.3 Å². The zero-order valence-electron chi connectivity index (χ0n) is 11.6. The molecule has 0 aromatic heterocycles. The summed E-state index contributed by atoms with van der Waals surface area (Å²) in [5, 5.41) is 3.18. The molecule has 2 unspecified atom stereocenters. The Balaban J connectivity index is 1.70. The molecule has 2 aliphatic heterocycles. The molecule has 21 heavy (non-hydrogen) atoms. The molecule has 0 spiro atoms.